The molecule has 2 saturated heterocycles. The Balaban J connectivity index is 1.04. The summed E-state index contributed by atoms with van der Waals surface area (Å²) < 4.78 is 13.4. The molecule has 3 aliphatic rings. The molecule has 1 aromatic carbocycles. The number of alkyl halides is 1. The molecule has 5 rings (SSSR count). The zero-order valence-electron chi connectivity index (χ0n) is 22.3. The van der Waals surface area contributed by atoms with Gasteiger partial charge in [-0.15, -0.1) is 0 Å². The first kappa shape index (κ1) is 26.5. The van der Waals surface area contributed by atoms with Gasteiger partial charge in [-0.25, -0.2) is 14.4 Å². The van der Waals surface area contributed by atoms with Crippen molar-refractivity contribution in [1.29, 1.82) is 0 Å². The second-order valence-electron chi connectivity index (χ2n) is 11.0. The summed E-state index contributed by atoms with van der Waals surface area (Å²) in [5.41, 5.74) is 10.7. The molecule has 2 unspecified atom stereocenters. The third-order valence-electron chi connectivity index (χ3n) is 8.05. The second-order valence-corrected chi connectivity index (χ2v) is 11.0. The lowest BCUT2D eigenvalue weighted by atomic mass is 9.83. The van der Waals surface area contributed by atoms with Crippen molar-refractivity contribution in [2.45, 2.75) is 82.5 Å². The number of piperidine rings is 1. The monoisotopic (exact) mass is 522 g/mol. The maximum absolute atomic E-state index is 13.4. The van der Waals surface area contributed by atoms with Crippen molar-refractivity contribution in [2.75, 3.05) is 31.1 Å². The van der Waals surface area contributed by atoms with Gasteiger partial charge in [-0.3, -0.25) is 4.79 Å². The molecule has 2 aromatic rings. The highest BCUT2D eigenvalue weighted by Crippen LogP contribution is 2.32. The molecule has 1 saturated carbocycles. The fraction of sp³-hybridized carbons (Fsp3) is 0.586. The number of carbonyl (C=O) groups is 1. The molecular formula is C29H39FN6O2. The minimum atomic E-state index is -0.920. The van der Waals surface area contributed by atoms with Crippen LogP contribution in [0.5, 0.6) is 0 Å². The molecule has 0 radical (unpaired) electrons. The van der Waals surface area contributed by atoms with Crippen LogP contribution in [0.4, 0.5) is 10.3 Å². The summed E-state index contributed by atoms with van der Waals surface area (Å²) >= 11 is 0. The van der Waals surface area contributed by atoms with Crippen molar-refractivity contribution >= 4 is 17.6 Å². The molecule has 0 bridgehead atoms. The number of carbonyl (C=O) groups excluding carboxylic acids is 1. The number of anilines is 1. The first-order valence-corrected chi connectivity index (χ1v) is 14.0. The lowest BCUT2D eigenvalue weighted by Crippen LogP contribution is -2.44. The van der Waals surface area contributed by atoms with E-state index in [9.17, 15) is 9.18 Å². The fourth-order valence-corrected chi connectivity index (χ4v) is 5.65. The van der Waals surface area contributed by atoms with Crippen LogP contribution in [0, 0.1) is 6.92 Å². The van der Waals surface area contributed by atoms with Gasteiger partial charge < -0.3 is 20.4 Å². The predicted octanol–water partition coefficient (Wildman–Crippen LogP) is 3.92. The van der Waals surface area contributed by atoms with Crippen LogP contribution in [0.2, 0.25) is 0 Å². The van der Waals surface area contributed by atoms with Crippen LogP contribution in [0.25, 0.3) is 0 Å². The van der Waals surface area contributed by atoms with Gasteiger partial charge in [0.1, 0.15) is 12.3 Å². The summed E-state index contributed by atoms with van der Waals surface area (Å²) in [6.07, 6.45) is 9.70. The van der Waals surface area contributed by atoms with E-state index in [2.05, 4.69) is 44.3 Å². The number of nitrogens with zero attached hydrogens (tertiary/aromatic N) is 5. The largest absolute Gasteiger partial charge is 0.392 e. The fourth-order valence-electron chi connectivity index (χ4n) is 5.65. The van der Waals surface area contributed by atoms with Gasteiger partial charge in [0.25, 0.3) is 0 Å². The third-order valence-corrected chi connectivity index (χ3v) is 8.05. The molecule has 0 spiro atoms. The quantitative estimate of drug-likeness (QED) is 0.554. The van der Waals surface area contributed by atoms with Gasteiger partial charge in [0, 0.05) is 44.9 Å². The molecular weight excluding hydrogens is 483 g/mol. The van der Waals surface area contributed by atoms with E-state index >= 15 is 0 Å². The molecule has 1 aromatic heterocycles. The highest BCUT2D eigenvalue weighted by atomic mass is 19.1. The topological polar surface area (TPSA) is 96.9 Å². The number of rotatable bonds is 7. The van der Waals surface area contributed by atoms with Crippen LogP contribution in [-0.4, -0.2) is 71.0 Å². The molecule has 204 valence electrons. The van der Waals surface area contributed by atoms with Crippen LogP contribution < -0.4 is 10.6 Å². The minimum absolute atomic E-state index is 0.150. The summed E-state index contributed by atoms with van der Waals surface area (Å²) in [7, 11) is 0. The van der Waals surface area contributed by atoms with Crippen LogP contribution in [0.3, 0.4) is 0 Å². The smallest absolute Gasteiger partial charge is 0.239 e. The van der Waals surface area contributed by atoms with Crippen molar-refractivity contribution in [3.05, 3.63) is 53.3 Å². The standard InChI is InChI=1S/C29H39FN6O2/c1-20-17-32-29(33-18-20)35-14-11-26(12-15-35)38-34-25-8-6-23(7-9-25)22-4-2-21(3-5-22)16-27(31)28(37)36-13-10-24(30)19-36/h2-5,17-18,23-24,26-27H,6-16,19,31H2,1H3. The Morgan fingerprint density at radius 3 is 2.39 bits per heavy atom. The van der Waals surface area contributed by atoms with Crippen molar-refractivity contribution in [1.82, 2.24) is 14.9 Å². The molecule has 3 heterocycles. The number of benzene rings is 1. The maximum atomic E-state index is 13.4. The SMILES string of the molecule is Cc1cnc(N2CCC(ON=C3CCC(c4ccc(CC(N)C(=O)N5CCC(F)C5)cc4)CC3)CC2)nc1. The Morgan fingerprint density at radius 2 is 1.76 bits per heavy atom. The first-order chi connectivity index (χ1) is 18.4. The van der Waals surface area contributed by atoms with E-state index in [1.165, 1.54) is 5.56 Å². The van der Waals surface area contributed by atoms with Gasteiger partial charge in [-0.05, 0) is 68.1 Å². The van der Waals surface area contributed by atoms with Crippen LogP contribution in [0.15, 0.2) is 41.8 Å². The van der Waals surface area contributed by atoms with E-state index < -0.39 is 12.2 Å². The third kappa shape index (κ3) is 6.67. The molecule has 1 amide bonds. The zero-order valence-corrected chi connectivity index (χ0v) is 22.3. The Kier molecular flexibility index (Phi) is 8.51. The van der Waals surface area contributed by atoms with E-state index in [1.807, 2.05) is 19.3 Å². The van der Waals surface area contributed by atoms with E-state index in [0.717, 1.165) is 74.4 Å². The highest BCUT2D eigenvalue weighted by Gasteiger charge is 2.29. The average Bonchev–Trinajstić information content (AvgIpc) is 3.39. The predicted molar refractivity (Wildman–Crippen MR) is 146 cm³/mol. The summed E-state index contributed by atoms with van der Waals surface area (Å²) in [5.74, 6) is 1.14. The molecule has 2 atom stereocenters. The molecule has 8 nitrogen and oxygen atoms in total. The number of aryl methyl sites for hydroxylation is 1. The Labute approximate surface area is 224 Å². The second kappa shape index (κ2) is 12.2. The van der Waals surface area contributed by atoms with Crippen LogP contribution in [-0.2, 0) is 16.1 Å². The van der Waals surface area contributed by atoms with Gasteiger partial charge in [0.15, 0.2) is 0 Å². The maximum Gasteiger partial charge on any atom is 0.239 e. The molecule has 38 heavy (non-hydrogen) atoms. The first-order valence-electron chi connectivity index (χ1n) is 14.0. The summed E-state index contributed by atoms with van der Waals surface area (Å²) in [6.45, 7) is 4.40. The number of hydrogen-bond donors (Lipinski definition) is 1. The van der Waals surface area contributed by atoms with Crippen molar-refractivity contribution < 1.29 is 14.0 Å². The minimum Gasteiger partial charge on any atom is -0.392 e. The van der Waals surface area contributed by atoms with Gasteiger partial charge in [0.2, 0.25) is 11.9 Å². The van der Waals surface area contributed by atoms with Crippen molar-refractivity contribution in [3.63, 3.8) is 0 Å². The number of oxime groups is 1. The number of hydrogen-bond acceptors (Lipinski definition) is 7. The number of aromatic nitrogens is 2. The summed E-state index contributed by atoms with van der Waals surface area (Å²) in [6, 6.07) is 7.85. The van der Waals surface area contributed by atoms with E-state index in [0.29, 0.717) is 25.3 Å². The van der Waals surface area contributed by atoms with Gasteiger partial charge in [-0.2, -0.15) is 0 Å². The highest BCUT2D eigenvalue weighted by molar-refractivity contribution is 5.85. The lowest BCUT2D eigenvalue weighted by Gasteiger charge is -2.31. The Hall–Kier alpha value is -3.07. The van der Waals surface area contributed by atoms with Crippen molar-refractivity contribution in [2.24, 2.45) is 10.9 Å². The summed E-state index contributed by atoms with van der Waals surface area (Å²) in [4.78, 5) is 31.1. The van der Waals surface area contributed by atoms with Gasteiger partial charge >= 0.3 is 0 Å². The lowest BCUT2D eigenvalue weighted by molar-refractivity contribution is -0.131. The Morgan fingerprint density at radius 1 is 1.08 bits per heavy atom. The van der Waals surface area contributed by atoms with Crippen molar-refractivity contribution in [3.8, 4) is 0 Å². The van der Waals surface area contributed by atoms with E-state index in [1.54, 1.807) is 4.90 Å². The van der Waals surface area contributed by atoms with Gasteiger partial charge in [0.05, 0.1) is 18.3 Å². The Bertz CT molecular complexity index is 1090. The van der Waals surface area contributed by atoms with Gasteiger partial charge in [-0.1, -0.05) is 29.4 Å². The number of likely N-dealkylation sites (tertiary alicyclic amines) is 1. The van der Waals surface area contributed by atoms with E-state index in [4.69, 9.17) is 10.6 Å². The molecule has 3 fully saturated rings. The average molecular weight is 523 g/mol. The molecule has 1 aliphatic carbocycles. The summed E-state index contributed by atoms with van der Waals surface area (Å²) in [5, 5.41) is 4.54. The number of halogens is 1. The molecule has 2 N–H and O–H groups in total. The molecule has 9 heteroatoms. The van der Waals surface area contributed by atoms with Crippen LogP contribution >= 0.6 is 0 Å². The van der Waals surface area contributed by atoms with E-state index in [-0.39, 0.29) is 18.6 Å². The molecule has 2 aliphatic heterocycles. The number of nitrogens with two attached hydrogens (primary N) is 1. The normalized spacial score (nSPS) is 23.4. The number of amides is 1. The zero-order chi connectivity index (χ0) is 26.5. The van der Waals surface area contributed by atoms with Crippen LogP contribution in [0.1, 0.15) is 67.6 Å².